The van der Waals surface area contributed by atoms with Gasteiger partial charge in [-0.3, -0.25) is 9.69 Å². The van der Waals surface area contributed by atoms with Gasteiger partial charge < -0.3 is 5.32 Å². The van der Waals surface area contributed by atoms with Crippen molar-refractivity contribution >= 4 is 17.5 Å². The SMILES string of the molecule is Cc1nn(-c2cccc(Cl)c2)nc1C(=O)NCc1ccccc1CN1CCCC1. The molecule has 0 atom stereocenters. The lowest BCUT2D eigenvalue weighted by molar-refractivity contribution is 0.0944. The highest BCUT2D eigenvalue weighted by atomic mass is 35.5. The van der Waals surface area contributed by atoms with Crippen molar-refractivity contribution in [2.75, 3.05) is 13.1 Å². The molecular formula is C22H24ClN5O. The van der Waals surface area contributed by atoms with Crippen LogP contribution in [0.25, 0.3) is 5.69 Å². The summed E-state index contributed by atoms with van der Waals surface area (Å²) in [7, 11) is 0. The van der Waals surface area contributed by atoms with Crippen molar-refractivity contribution in [1.82, 2.24) is 25.2 Å². The molecule has 1 aliphatic rings. The zero-order valence-electron chi connectivity index (χ0n) is 16.4. The van der Waals surface area contributed by atoms with Crippen molar-refractivity contribution < 1.29 is 4.79 Å². The minimum Gasteiger partial charge on any atom is -0.346 e. The topological polar surface area (TPSA) is 63.1 Å². The minimum atomic E-state index is -0.230. The molecule has 2 aromatic carbocycles. The summed E-state index contributed by atoms with van der Waals surface area (Å²) in [4.78, 5) is 16.6. The van der Waals surface area contributed by atoms with Gasteiger partial charge in [0.05, 0.1) is 11.4 Å². The van der Waals surface area contributed by atoms with Crippen LogP contribution in [0.5, 0.6) is 0 Å². The van der Waals surface area contributed by atoms with Crippen LogP contribution in [0.15, 0.2) is 48.5 Å². The quantitative estimate of drug-likeness (QED) is 0.673. The van der Waals surface area contributed by atoms with Gasteiger partial charge in [0, 0.05) is 18.1 Å². The first kappa shape index (κ1) is 19.6. The molecule has 0 bridgehead atoms. The molecule has 1 N–H and O–H groups in total. The molecule has 150 valence electrons. The largest absolute Gasteiger partial charge is 0.346 e. The van der Waals surface area contributed by atoms with Crippen LogP contribution in [-0.4, -0.2) is 38.9 Å². The van der Waals surface area contributed by atoms with Crippen molar-refractivity contribution in [2.45, 2.75) is 32.9 Å². The summed E-state index contributed by atoms with van der Waals surface area (Å²) >= 11 is 6.05. The molecule has 3 aromatic rings. The molecule has 0 aliphatic carbocycles. The Morgan fingerprint density at radius 1 is 1.07 bits per heavy atom. The Balaban J connectivity index is 1.45. The standard InChI is InChI=1S/C22H24ClN5O/c1-16-21(26-28(25-16)20-10-6-9-19(23)13-20)22(29)24-14-17-7-2-3-8-18(17)15-27-11-4-5-12-27/h2-3,6-10,13H,4-5,11-12,14-15H2,1H3,(H,24,29). The van der Waals surface area contributed by atoms with Crippen LogP contribution in [0.2, 0.25) is 5.02 Å². The number of nitrogens with zero attached hydrogens (tertiary/aromatic N) is 4. The Bertz CT molecular complexity index is 1010. The highest BCUT2D eigenvalue weighted by Gasteiger charge is 2.18. The molecule has 4 rings (SSSR count). The third kappa shape index (κ3) is 4.66. The molecule has 0 spiro atoms. The van der Waals surface area contributed by atoms with Gasteiger partial charge in [-0.25, -0.2) is 0 Å². The second-order valence-corrected chi connectivity index (χ2v) is 7.77. The zero-order valence-corrected chi connectivity index (χ0v) is 17.2. The fraction of sp³-hybridized carbons (Fsp3) is 0.318. The molecule has 1 amide bonds. The maximum atomic E-state index is 12.7. The number of aromatic nitrogens is 3. The molecule has 29 heavy (non-hydrogen) atoms. The van der Waals surface area contributed by atoms with Gasteiger partial charge in [0.1, 0.15) is 0 Å². The lowest BCUT2D eigenvalue weighted by atomic mass is 10.1. The van der Waals surface area contributed by atoms with E-state index >= 15 is 0 Å². The van der Waals surface area contributed by atoms with Gasteiger partial charge in [-0.2, -0.15) is 9.90 Å². The van der Waals surface area contributed by atoms with E-state index in [1.165, 1.54) is 23.2 Å². The third-order valence-corrected chi connectivity index (χ3v) is 5.42. The van der Waals surface area contributed by atoms with E-state index in [4.69, 9.17) is 11.6 Å². The smallest absolute Gasteiger partial charge is 0.274 e. The van der Waals surface area contributed by atoms with Crippen molar-refractivity contribution in [3.63, 3.8) is 0 Å². The highest BCUT2D eigenvalue weighted by Crippen LogP contribution is 2.17. The van der Waals surface area contributed by atoms with Crippen LogP contribution in [0.3, 0.4) is 0 Å². The van der Waals surface area contributed by atoms with Gasteiger partial charge >= 0.3 is 0 Å². The second-order valence-electron chi connectivity index (χ2n) is 7.34. The van der Waals surface area contributed by atoms with E-state index in [9.17, 15) is 4.79 Å². The maximum Gasteiger partial charge on any atom is 0.274 e. The minimum absolute atomic E-state index is 0.230. The second kappa shape index (κ2) is 8.76. The summed E-state index contributed by atoms with van der Waals surface area (Å²) in [6, 6.07) is 15.5. The normalized spacial score (nSPS) is 14.3. The lowest BCUT2D eigenvalue weighted by Crippen LogP contribution is -2.26. The Labute approximate surface area is 175 Å². The number of rotatable bonds is 6. The first-order valence-electron chi connectivity index (χ1n) is 9.87. The molecule has 7 heteroatoms. The van der Waals surface area contributed by atoms with E-state index in [1.807, 2.05) is 18.2 Å². The summed E-state index contributed by atoms with van der Waals surface area (Å²) < 4.78 is 0. The molecule has 2 heterocycles. The molecule has 1 saturated heterocycles. The van der Waals surface area contributed by atoms with Gasteiger partial charge in [0.25, 0.3) is 5.91 Å². The average Bonchev–Trinajstić information content (AvgIpc) is 3.37. The van der Waals surface area contributed by atoms with E-state index < -0.39 is 0 Å². The van der Waals surface area contributed by atoms with E-state index in [2.05, 4.69) is 38.6 Å². The summed E-state index contributed by atoms with van der Waals surface area (Å²) in [5, 5.41) is 12.3. The fourth-order valence-corrected chi connectivity index (χ4v) is 3.81. The molecule has 1 aromatic heterocycles. The van der Waals surface area contributed by atoms with Gasteiger partial charge in [-0.15, -0.1) is 5.10 Å². The molecule has 0 unspecified atom stereocenters. The fourth-order valence-electron chi connectivity index (χ4n) is 3.63. The summed E-state index contributed by atoms with van der Waals surface area (Å²) in [5.74, 6) is -0.230. The van der Waals surface area contributed by atoms with Crippen LogP contribution in [0.4, 0.5) is 0 Å². The molecule has 1 aliphatic heterocycles. The number of amides is 1. The van der Waals surface area contributed by atoms with Crippen LogP contribution >= 0.6 is 11.6 Å². The molecule has 6 nitrogen and oxygen atoms in total. The number of carbonyl (C=O) groups is 1. The van der Waals surface area contributed by atoms with Crippen LogP contribution < -0.4 is 5.32 Å². The van der Waals surface area contributed by atoms with Gasteiger partial charge in [-0.05, 0) is 62.2 Å². The Kier molecular flexibility index (Phi) is 5.92. The Morgan fingerprint density at radius 2 is 1.83 bits per heavy atom. The van der Waals surface area contributed by atoms with Crippen LogP contribution in [0, 0.1) is 6.92 Å². The van der Waals surface area contributed by atoms with Crippen molar-refractivity contribution in [2.24, 2.45) is 0 Å². The number of carbonyl (C=O) groups excluding carboxylic acids is 1. The van der Waals surface area contributed by atoms with E-state index in [0.717, 1.165) is 30.9 Å². The van der Waals surface area contributed by atoms with Crippen molar-refractivity contribution in [1.29, 1.82) is 0 Å². The summed E-state index contributed by atoms with van der Waals surface area (Å²) in [6.07, 6.45) is 2.53. The number of likely N-dealkylation sites (tertiary alicyclic amines) is 1. The number of halogens is 1. The first-order valence-corrected chi connectivity index (χ1v) is 10.2. The first-order chi connectivity index (χ1) is 14.1. The number of hydrogen-bond acceptors (Lipinski definition) is 4. The monoisotopic (exact) mass is 409 g/mol. The Morgan fingerprint density at radius 3 is 2.59 bits per heavy atom. The van der Waals surface area contributed by atoms with E-state index in [-0.39, 0.29) is 5.91 Å². The molecular weight excluding hydrogens is 386 g/mol. The van der Waals surface area contributed by atoms with Gasteiger partial charge in [0.2, 0.25) is 0 Å². The van der Waals surface area contributed by atoms with Gasteiger partial charge in [0.15, 0.2) is 5.69 Å². The van der Waals surface area contributed by atoms with Crippen LogP contribution in [0.1, 0.15) is 40.2 Å². The zero-order chi connectivity index (χ0) is 20.2. The molecule has 0 saturated carbocycles. The summed E-state index contributed by atoms with van der Waals surface area (Å²) in [6.45, 7) is 5.46. The predicted octanol–water partition coefficient (Wildman–Crippen LogP) is 3.75. The number of benzene rings is 2. The number of aryl methyl sites for hydroxylation is 1. The average molecular weight is 410 g/mol. The van der Waals surface area contributed by atoms with E-state index in [0.29, 0.717) is 23.0 Å². The van der Waals surface area contributed by atoms with E-state index in [1.54, 1.807) is 19.1 Å². The maximum absolute atomic E-state index is 12.7. The predicted molar refractivity (Wildman–Crippen MR) is 113 cm³/mol. The summed E-state index contributed by atoms with van der Waals surface area (Å²) in [5.41, 5.74) is 4.01. The number of nitrogens with one attached hydrogen (secondary N) is 1. The van der Waals surface area contributed by atoms with Crippen LogP contribution in [-0.2, 0) is 13.1 Å². The van der Waals surface area contributed by atoms with Crippen molar-refractivity contribution in [3.05, 3.63) is 76.1 Å². The third-order valence-electron chi connectivity index (χ3n) is 5.19. The number of hydrogen-bond donors (Lipinski definition) is 1. The lowest BCUT2D eigenvalue weighted by Gasteiger charge is -2.17. The highest BCUT2D eigenvalue weighted by molar-refractivity contribution is 6.30. The van der Waals surface area contributed by atoms with Gasteiger partial charge in [-0.1, -0.05) is 41.9 Å². The Hall–Kier alpha value is -2.70. The van der Waals surface area contributed by atoms with Crippen molar-refractivity contribution in [3.8, 4) is 5.69 Å². The molecule has 1 fully saturated rings. The molecule has 0 radical (unpaired) electrons.